The molecule has 0 saturated heterocycles. The number of ether oxygens (including phenoxy) is 1. The van der Waals surface area contributed by atoms with Crippen LogP contribution in [-0.2, 0) is 17.6 Å². The lowest BCUT2D eigenvalue weighted by Gasteiger charge is -2.12. The molecule has 0 aliphatic carbocycles. The van der Waals surface area contributed by atoms with Crippen molar-refractivity contribution in [3.63, 3.8) is 0 Å². The third-order valence-electron chi connectivity index (χ3n) is 4.99. The number of aryl methyl sites for hydroxylation is 2. The molecule has 4 rings (SSSR count). The van der Waals surface area contributed by atoms with Crippen molar-refractivity contribution >= 4 is 21.8 Å². The average Bonchev–Trinajstić information content (AvgIpc) is 3.31. The second-order valence-electron chi connectivity index (χ2n) is 6.62. The number of fused-ring (bicyclic) bond motifs is 3. The molecule has 0 radical (unpaired) electrons. The number of H-pyrrole nitrogens is 1. The molecule has 0 amide bonds. The molecule has 4 aromatic rings. The lowest BCUT2D eigenvalue weighted by atomic mass is 10.0. The molecule has 1 unspecified atom stereocenters. The minimum absolute atomic E-state index is 0.0544. The van der Waals surface area contributed by atoms with Crippen LogP contribution in [0.25, 0.3) is 33.4 Å². The van der Waals surface area contributed by atoms with Crippen molar-refractivity contribution in [3.05, 3.63) is 41.3 Å². The molecule has 1 N–H and O–H groups in total. The fourth-order valence-corrected chi connectivity index (χ4v) is 3.60. The Kier molecular flexibility index (Phi) is 4.66. The van der Waals surface area contributed by atoms with Gasteiger partial charge in [0.15, 0.2) is 5.82 Å². The fourth-order valence-electron chi connectivity index (χ4n) is 3.60. The Morgan fingerprint density at radius 2 is 2.00 bits per heavy atom. The zero-order valence-corrected chi connectivity index (χ0v) is 16.2. The van der Waals surface area contributed by atoms with Crippen molar-refractivity contribution in [3.8, 4) is 11.6 Å². The second-order valence-corrected chi connectivity index (χ2v) is 6.62. The highest BCUT2D eigenvalue weighted by atomic mass is 16.5. The van der Waals surface area contributed by atoms with Crippen molar-refractivity contribution in [1.82, 2.24) is 20.1 Å². The molecule has 1 atom stereocenters. The molecule has 140 valence electrons. The van der Waals surface area contributed by atoms with Gasteiger partial charge in [-0.2, -0.15) is 4.98 Å². The molecule has 27 heavy (non-hydrogen) atoms. The first-order valence-corrected chi connectivity index (χ1v) is 9.53. The van der Waals surface area contributed by atoms with Crippen LogP contribution < -0.4 is 0 Å². The highest BCUT2D eigenvalue weighted by Gasteiger charge is 2.19. The van der Waals surface area contributed by atoms with Gasteiger partial charge in [0.05, 0.1) is 17.8 Å². The maximum absolute atomic E-state index is 5.77. The first kappa shape index (κ1) is 17.7. The van der Waals surface area contributed by atoms with Gasteiger partial charge in [0.25, 0.3) is 5.89 Å². The Balaban J connectivity index is 1.94. The third-order valence-corrected chi connectivity index (χ3v) is 4.99. The predicted molar refractivity (Wildman–Crippen MR) is 106 cm³/mol. The normalized spacial score (nSPS) is 12.9. The maximum Gasteiger partial charge on any atom is 0.276 e. The second kappa shape index (κ2) is 7.12. The van der Waals surface area contributed by atoms with Gasteiger partial charge in [0, 0.05) is 29.3 Å². The summed E-state index contributed by atoms with van der Waals surface area (Å²) in [6, 6.07) is 6.44. The predicted octanol–water partition coefficient (Wildman–Crippen LogP) is 4.99. The van der Waals surface area contributed by atoms with E-state index in [4.69, 9.17) is 9.26 Å². The number of benzene rings is 1. The number of hydrogen-bond acceptors (Lipinski definition) is 5. The molecule has 3 heterocycles. The first-order valence-electron chi connectivity index (χ1n) is 9.53. The molecule has 3 aromatic heterocycles. The molecular formula is C21H24N4O2. The smallest absolute Gasteiger partial charge is 0.276 e. The highest BCUT2D eigenvalue weighted by Crippen LogP contribution is 2.35. The van der Waals surface area contributed by atoms with Crippen LogP contribution in [0.1, 0.15) is 50.8 Å². The van der Waals surface area contributed by atoms with Crippen molar-refractivity contribution in [1.29, 1.82) is 0 Å². The van der Waals surface area contributed by atoms with Crippen LogP contribution in [0.4, 0.5) is 0 Å². The Hall–Kier alpha value is -2.73. The summed E-state index contributed by atoms with van der Waals surface area (Å²) in [5, 5.41) is 6.36. The van der Waals surface area contributed by atoms with Crippen molar-refractivity contribution in [2.45, 2.75) is 46.6 Å². The van der Waals surface area contributed by atoms with E-state index in [-0.39, 0.29) is 6.10 Å². The standard InChI is InChI=1S/C21H24N4O2/c1-5-14-19-15-10-13(12(4)26-7-3)8-9-16(15)23-17(19)11-22-20(14)21-24-18(6-2)25-27-21/h8-12,23H,5-7H2,1-4H3. The van der Waals surface area contributed by atoms with Gasteiger partial charge in [-0.05, 0) is 43.5 Å². The Labute approximate surface area is 157 Å². The van der Waals surface area contributed by atoms with E-state index >= 15 is 0 Å². The summed E-state index contributed by atoms with van der Waals surface area (Å²) < 4.78 is 11.2. The van der Waals surface area contributed by atoms with Crippen LogP contribution in [0, 0.1) is 0 Å². The number of aromatic nitrogens is 4. The summed E-state index contributed by atoms with van der Waals surface area (Å²) in [7, 11) is 0. The van der Waals surface area contributed by atoms with E-state index in [1.807, 2.05) is 20.0 Å². The fraction of sp³-hybridized carbons (Fsp3) is 0.381. The van der Waals surface area contributed by atoms with Crippen molar-refractivity contribution in [2.24, 2.45) is 0 Å². The number of pyridine rings is 1. The maximum atomic E-state index is 5.77. The first-order chi connectivity index (χ1) is 13.2. The van der Waals surface area contributed by atoms with Gasteiger partial charge >= 0.3 is 0 Å². The van der Waals surface area contributed by atoms with Gasteiger partial charge in [-0.15, -0.1) is 0 Å². The van der Waals surface area contributed by atoms with Crippen LogP contribution in [0.15, 0.2) is 28.9 Å². The number of aromatic amines is 1. The van der Waals surface area contributed by atoms with Gasteiger partial charge in [-0.25, -0.2) is 4.98 Å². The third kappa shape index (κ3) is 3.00. The molecule has 0 spiro atoms. The lowest BCUT2D eigenvalue weighted by molar-refractivity contribution is 0.0765. The number of rotatable bonds is 6. The van der Waals surface area contributed by atoms with E-state index in [0.29, 0.717) is 18.3 Å². The van der Waals surface area contributed by atoms with Gasteiger partial charge in [-0.1, -0.05) is 25.1 Å². The van der Waals surface area contributed by atoms with E-state index in [1.165, 1.54) is 10.8 Å². The number of nitrogens with zero attached hydrogens (tertiary/aromatic N) is 3. The van der Waals surface area contributed by atoms with Crippen molar-refractivity contribution < 1.29 is 9.26 Å². The SMILES string of the molecule is CCOC(C)c1ccc2[nH]c3cnc(-c4nc(CC)no4)c(CC)c3c2c1. The van der Waals surface area contributed by atoms with Crippen LogP contribution >= 0.6 is 0 Å². The summed E-state index contributed by atoms with van der Waals surface area (Å²) in [5.74, 6) is 1.18. The molecule has 6 heteroatoms. The van der Waals surface area contributed by atoms with Gasteiger partial charge in [-0.3, -0.25) is 0 Å². The highest BCUT2D eigenvalue weighted by molar-refractivity contribution is 6.10. The molecule has 0 saturated carbocycles. The molecule has 0 aliphatic rings. The lowest BCUT2D eigenvalue weighted by Crippen LogP contribution is -1.99. The van der Waals surface area contributed by atoms with E-state index in [9.17, 15) is 0 Å². The Bertz CT molecular complexity index is 1100. The van der Waals surface area contributed by atoms with Gasteiger partial charge in [0.1, 0.15) is 5.69 Å². The molecular weight excluding hydrogens is 340 g/mol. The van der Waals surface area contributed by atoms with E-state index in [0.717, 1.165) is 40.7 Å². The molecule has 0 bridgehead atoms. The summed E-state index contributed by atoms with van der Waals surface area (Å²) in [6.45, 7) is 8.92. The van der Waals surface area contributed by atoms with Gasteiger partial charge in [0.2, 0.25) is 0 Å². The summed E-state index contributed by atoms with van der Waals surface area (Å²) in [5.41, 5.74) is 5.15. The minimum Gasteiger partial charge on any atom is -0.374 e. The monoisotopic (exact) mass is 364 g/mol. The van der Waals surface area contributed by atoms with E-state index in [2.05, 4.69) is 52.2 Å². The van der Waals surface area contributed by atoms with Gasteiger partial charge < -0.3 is 14.2 Å². The molecule has 0 fully saturated rings. The number of nitrogens with one attached hydrogen (secondary N) is 1. The van der Waals surface area contributed by atoms with E-state index < -0.39 is 0 Å². The van der Waals surface area contributed by atoms with Crippen LogP contribution in [0.5, 0.6) is 0 Å². The summed E-state index contributed by atoms with van der Waals surface area (Å²) in [4.78, 5) is 12.6. The average molecular weight is 364 g/mol. The summed E-state index contributed by atoms with van der Waals surface area (Å²) >= 11 is 0. The van der Waals surface area contributed by atoms with E-state index in [1.54, 1.807) is 0 Å². The van der Waals surface area contributed by atoms with Crippen LogP contribution in [0.2, 0.25) is 0 Å². The zero-order valence-electron chi connectivity index (χ0n) is 16.2. The number of hydrogen-bond donors (Lipinski definition) is 1. The quantitative estimate of drug-likeness (QED) is 0.521. The largest absolute Gasteiger partial charge is 0.374 e. The minimum atomic E-state index is 0.0544. The van der Waals surface area contributed by atoms with Crippen LogP contribution in [-0.4, -0.2) is 26.7 Å². The summed E-state index contributed by atoms with van der Waals surface area (Å²) in [6.07, 6.45) is 3.46. The topological polar surface area (TPSA) is 76.8 Å². The Morgan fingerprint density at radius 3 is 2.70 bits per heavy atom. The van der Waals surface area contributed by atoms with Crippen molar-refractivity contribution in [2.75, 3.05) is 6.61 Å². The Morgan fingerprint density at radius 1 is 1.15 bits per heavy atom. The molecule has 1 aromatic carbocycles. The van der Waals surface area contributed by atoms with Crippen LogP contribution in [0.3, 0.4) is 0 Å². The zero-order chi connectivity index (χ0) is 19.0. The molecule has 6 nitrogen and oxygen atoms in total. The molecule has 0 aliphatic heterocycles.